The number of pyridine rings is 1. The van der Waals surface area contributed by atoms with Crippen molar-refractivity contribution >= 4 is 0 Å². The second-order valence-corrected chi connectivity index (χ2v) is 15.1. The van der Waals surface area contributed by atoms with Gasteiger partial charge in [0.1, 0.15) is 0 Å². The Labute approximate surface area is 332 Å². The van der Waals surface area contributed by atoms with E-state index in [0.29, 0.717) is 17.5 Å². The summed E-state index contributed by atoms with van der Waals surface area (Å²) < 4.78 is 0. The molecule has 2 heterocycles. The molecule has 0 saturated heterocycles. The van der Waals surface area contributed by atoms with E-state index in [2.05, 4.69) is 166 Å². The number of hydrogen-bond donors (Lipinski definition) is 0. The second kappa shape index (κ2) is 12.9. The van der Waals surface area contributed by atoms with Crippen LogP contribution in [0.4, 0.5) is 0 Å². The van der Waals surface area contributed by atoms with Crippen LogP contribution >= 0.6 is 0 Å². The molecule has 0 aliphatic heterocycles. The third-order valence-electron chi connectivity index (χ3n) is 11.8. The molecule has 4 nitrogen and oxygen atoms in total. The number of nitrogens with zero attached hydrogens (tertiary/aromatic N) is 4. The van der Waals surface area contributed by atoms with Crippen molar-refractivity contribution in [3.8, 4) is 78.7 Å². The van der Waals surface area contributed by atoms with Gasteiger partial charge in [-0.15, -0.1) is 0 Å². The van der Waals surface area contributed by atoms with E-state index in [1.807, 2.05) is 30.5 Å². The quantitative estimate of drug-likeness (QED) is 0.177. The van der Waals surface area contributed by atoms with Crippen molar-refractivity contribution in [3.05, 3.63) is 216 Å². The molecule has 1 atom stereocenters. The van der Waals surface area contributed by atoms with Crippen LogP contribution in [0, 0.1) is 13.8 Å². The zero-order chi connectivity index (χ0) is 38.1. The highest BCUT2D eigenvalue weighted by Gasteiger charge is 2.51. The average Bonchev–Trinajstić information content (AvgIpc) is 3.74. The summed E-state index contributed by atoms with van der Waals surface area (Å²) in [7, 11) is 0. The zero-order valence-electron chi connectivity index (χ0n) is 31.6. The maximum absolute atomic E-state index is 5.21. The highest BCUT2D eigenvalue weighted by Crippen LogP contribution is 2.63. The van der Waals surface area contributed by atoms with E-state index in [1.54, 1.807) is 0 Å². The lowest BCUT2D eigenvalue weighted by Crippen LogP contribution is -2.25. The fraction of sp³-hybridized carbons (Fsp3) is 0.0566. The molecule has 0 bridgehead atoms. The Kier molecular flexibility index (Phi) is 7.48. The molecule has 9 aromatic rings. The number of aryl methyl sites for hydroxylation is 2. The largest absolute Gasteiger partial charge is 0.261 e. The van der Waals surface area contributed by atoms with Crippen LogP contribution in [0.15, 0.2) is 182 Å². The van der Waals surface area contributed by atoms with Crippen molar-refractivity contribution in [2.45, 2.75) is 19.3 Å². The molecule has 57 heavy (non-hydrogen) atoms. The first kappa shape index (κ1) is 33.1. The maximum Gasteiger partial charge on any atom is 0.164 e. The fourth-order valence-electron chi connectivity index (χ4n) is 9.17. The van der Waals surface area contributed by atoms with Crippen molar-refractivity contribution < 1.29 is 0 Å². The van der Waals surface area contributed by atoms with Crippen molar-refractivity contribution in [1.29, 1.82) is 0 Å². The lowest BCUT2D eigenvalue weighted by Gasteiger charge is -2.30. The van der Waals surface area contributed by atoms with Gasteiger partial charge >= 0.3 is 0 Å². The summed E-state index contributed by atoms with van der Waals surface area (Å²) in [6.45, 7) is 4.20. The topological polar surface area (TPSA) is 51.6 Å². The van der Waals surface area contributed by atoms with Crippen LogP contribution in [-0.4, -0.2) is 19.9 Å². The van der Waals surface area contributed by atoms with Crippen LogP contribution in [-0.2, 0) is 5.41 Å². The van der Waals surface area contributed by atoms with E-state index in [1.165, 1.54) is 61.2 Å². The molecule has 11 rings (SSSR count). The second-order valence-electron chi connectivity index (χ2n) is 15.1. The van der Waals surface area contributed by atoms with Crippen LogP contribution in [0.1, 0.15) is 33.5 Å². The molecule has 0 N–H and O–H groups in total. The molecule has 0 fully saturated rings. The first-order valence-electron chi connectivity index (χ1n) is 19.5. The summed E-state index contributed by atoms with van der Waals surface area (Å²) in [6.07, 6.45) is 1.94. The van der Waals surface area contributed by atoms with Gasteiger partial charge in [0.05, 0.1) is 5.41 Å². The molecule has 2 aromatic heterocycles. The zero-order valence-corrected chi connectivity index (χ0v) is 31.6. The fourth-order valence-corrected chi connectivity index (χ4v) is 9.17. The van der Waals surface area contributed by atoms with Gasteiger partial charge in [-0.2, -0.15) is 0 Å². The predicted molar refractivity (Wildman–Crippen MR) is 231 cm³/mol. The summed E-state index contributed by atoms with van der Waals surface area (Å²) in [5, 5.41) is 0. The van der Waals surface area contributed by atoms with Crippen LogP contribution in [0.3, 0.4) is 0 Å². The van der Waals surface area contributed by atoms with Crippen LogP contribution in [0.5, 0.6) is 0 Å². The maximum atomic E-state index is 5.21. The van der Waals surface area contributed by atoms with Crippen LogP contribution in [0.25, 0.3) is 78.7 Å². The van der Waals surface area contributed by atoms with E-state index in [0.717, 1.165) is 33.5 Å². The van der Waals surface area contributed by atoms with Crippen molar-refractivity contribution in [2.75, 3.05) is 0 Å². The average molecular weight is 729 g/mol. The van der Waals surface area contributed by atoms with Gasteiger partial charge in [-0.05, 0) is 98.8 Å². The molecule has 0 radical (unpaired) electrons. The molecule has 0 amide bonds. The Hall–Kier alpha value is -7.30. The molecule has 1 unspecified atom stereocenters. The van der Waals surface area contributed by atoms with Gasteiger partial charge in [0.2, 0.25) is 0 Å². The van der Waals surface area contributed by atoms with Crippen LogP contribution in [0.2, 0.25) is 0 Å². The summed E-state index contributed by atoms with van der Waals surface area (Å²) >= 11 is 0. The lowest BCUT2D eigenvalue weighted by atomic mass is 9.70. The van der Waals surface area contributed by atoms with E-state index in [-0.39, 0.29) is 0 Å². The Morgan fingerprint density at radius 2 is 0.807 bits per heavy atom. The van der Waals surface area contributed by atoms with Gasteiger partial charge in [-0.3, -0.25) is 4.98 Å². The monoisotopic (exact) mass is 728 g/mol. The minimum Gasteiger partial charge on any atom is -0.261 e. The molecular weight excluding hydrogens is 693 g/mol. The van der Waals surface area contributed by atoms with Gasteiger partial charge in [-0.1, -0.05) is 158 Å². The number of benzene rings is 7. The third-order valence-corrected chi connectivity index (χ3v) is 11.8. The van der Waals surface area contributed by atoms with Gasteiger partial charge in [0.15, 0.2) is 17.5 Å². The number of hydrogen-bond acceptors (Lipinski definition) is 4. The Bertz CT molecular complexity index is 3030. The van der Waals surface area contributed by atoms with E-state index in [9.17, 15) is 0 Å². The van der Waals surface area contributed by atoms with Crippen LogP contribution < -0.4 is 0 Å². The van der Waals surface area contributed by atoms with E-state index < -0.39 is 5.41 Å². The lowest BCUT2D eigenvalue weighted by molar-refractivity contribution is 0.794. The predicted octanol–water partition coefficient (Wildman–Crippen LogP) is 12.6. The first-order valence-corrected chi connectivity index (χ1v) is 19.5. The third kappa shape index (κ3) is 5.14. The molecule has 4 heteroatoms. The molecule has 7 aromatic carbocycles. The summed E-state index contributed by atoms with van der Waals surface area (Å²) in [5.74, 6) is 1.93. The molecule has 2 aliphatic rings. The van der Waals surface area contributed by atoms with Gasteiger partial charge in [0.25, 0.3) is 0 Å². The number of aromatic nitrogens is 4. The Balaban J connectivity index is 1.11. The highest BCUT2D eigenvalue weighted by molar-refractivity contribution is 5.97. The van der Waals surface area contributed by atoms with E-state index in [4.69, 9.17) is 19.9 Å². The van der Waals surface area contributed by atoms with Crippen molar-refractivity contribution in [1.82, 2.24) is 19.9 Å². The standard InChI is InChI=1S/C53H36N4/c1-33-29-44(34(2)54-32-33)39-26-28-48-45(30-39)42-18-10-12-20-47(42)53(48)46-19-11-9-17-41(46)43-27-25-40(31-49(43)53)52-56-50(37-15-7-4-8-16-37)55-51(57-52)38-23-21-36(22-24-38)35-13-5-3-6-14-35/h3-32H,1-2H3. The molecule has 0 saturated carbocycles. The molecule has 1 spiro atoms. The minimum absolute atomic E-state index is 0.516. The number of rotatable bonds is 5. The van der Waals surface area contributed by atoms with Gasteiger partial charge < -0.3 is 0 Å². The van der Waals surface area contributed by atoms with Gasteiger partial charge in [0, 0.05) is 34.1 Å². The SMILES string of the molecule is Cc1cnc(C)c(-c2ccc3c(c2)-c2ccccc2C32c3ccccc3-c3ccc(-c4nc(-c5ccccc5)nc(-c5ccc(-c6ccccc6)cc5)n4)cc32)c1. The summed E-state index contributed by atoms with van der Waals surface area (Å²) in [4.78, 5) is 20.2. The molecular formula is C53H36N4. The molecule has 268 valence electrons. The minimum atomic E-state index is -0.516. The first-order chi connectivity index (χ1) is 28.1. The van der Waals surface area contributed by atoms with Crippen molar-refractivity contribution in [3.63, 3.8) is 0 Å². The smallest absolute Gasteiger partial charge is 0.164 e. The highest BCUT2D eigenvalue weighted by atomic mass is 15.0. The summed E-state index contributed by atoms with van der Waals surface area (Å²) in [6, 6.07) is 63.1. The Morgan fingerprint density at radius 1 is 0.333 bits per heavy atom. The Morgan fingerprint density at radius 3 is 1.49 bits per heavy atom. The van der Waals surface area contributed by atoms with E-state index >= 15 is 0 Å². The normalized spacial score (nSPS) is 14.6. The number of fused-ring (bicyclic) bond motifs is 10. The summed E-state index contributed by atoms with van der Waals surface area (Å²) in [5.41, 5.74) is 19.3. The van der Waals surface area contributed by atoms with Gasteiger partial charge in [-0.25, -0.2) is 15.0 Å². The van der Waals surface area contributed by atoms with Crippen molar-refractivity contribution in [2.24, 2.45) is 0 Å². The molecule has 2 aliphatic carbocycles.